The molecule has 0 heterocycles. The molecule has 0 aliphatic rings. The van der Waals surface area contributed by atoms with Gasteiger partial charge in [0.1, 0.15) is 11.6 Å². The third-order valence-corrected chi connectivity index (χ3v) is 3.99. The molecule has 0 spiro atoms. The number of unbranched alkanes of at least 4 members (excludes halogenated alkanes) is 5. The average molecular weight is 360 g/mol. The summed E-state index contributed by atoms with van der Waals surface area (Å²) in [6, 6.07) is 4.99. The molecule has 1 aromatic rings. The number of carbonyl (C=O) groups excluding carboxylic acids is 1. The van der Waals surface area contributed by atoms with Crippen molar-refractivity contribution < 1.29 is 19.4 Å². The molecule has 0 aliphatic heterocycles. The molecule has 6 heteroatoms. The summed E-state index contributed by atoms with van der Waals surface area (Å²) in [6.45, 7) is 2.72. The molecule has 0 saturated carbocycles. The highest BCUT2D eigenvalue weighted by atomic mass is 16.5. The quantitative estimate of drug-likeness (QED) is 0.356. The third kappa shape index (κ3) is 6.67. The van der Waals surface area contributed by atoms with Gasteiger partial charge >= 0.3 is 0 Å². The SMILES string of the molecule is CCCCCCCCNC(=O)C(C#N)=Cc1cc(OC)c(O)c(OC)c1. The normalized spacial score (nSPS) is 10.9. The van der Waals surface area contributed by atoms with Crippen molar-refractivity contribution in [3.63, 3.8) is 0 Å². The van der Waals surface area contributed by atoms with E-state index in [4.69, 9.17) is 9.47 Å². The second kappa shape index (κ2) is 11.8. The summed E-state index contributed by atoms with van der Waals surface area (Å²) in [4.78, 5) is 12.2. The number of methoxy groups -OCH3 is 2. The van der Waals surface area contributed by atoms with Crippen LogP contribution in [0.15, 0.2) is 17.7 Å². The van der Waals surface area contributed by atoms with E-state index in [0.717, 1.165) is 19.3 Å². The summed E-state index contributed by atoms with van der Waals surface area (Å²) in [6.07, 6.45) is 8.25. The summed E-state index contributed by atoms with van der Waals surface area (Å²) < 4.78 is 10.2. The molecule has 1 rings (SSSR count). The lowest BCUT2D eigenvalue weighted by atomic mass is 10.1. The van der Waals surface area contributed by atoms with Crippen LogP contribution in [0, 0.1) is 11.3 Å². The fourth-order valence-corrected chi connectivity index (χ4v) is 2.51. The number of hydrogen-bond acceptors (Lipinski definition) is 5. The lowest BCUT2D eigenvalue weighted by molar-refractivity contribution is -0.117. The Bertz CT molecular complexity index is 637. The van der Waals surface area contributed by atoms with Crippen LogP contribution >= 0.6 is 0 Å². The highest BCUT2D eigenvalue weighted by molar-refractivity contribution is 6.01. The van der Waals surface area contributed by atoms with Crippen LogP contribution in [0.5, 0.6) is 17.2 Å². The van der Waals surface area contributed by atoms with Crippen molar-refractivity contribution in [2.24, 2.45) is 0 Å². The second-order valence-electron chi connectivity index (χ2n) is 5.97. The van der Waals surface area contributed by atoms with Gasteiger partial charge in [0.2, 0.25) is 5.75 Å². The van der Waals surface area contributed by atoms with Crippen molar-refractivity contribution in [2.45, 2.75) is 45.4 Å². The number of benzene rings is 1. The van der Waals surface area contributed by atoms with Gasteiger partial charge in [0, 0.05) is 6.54 Å². The maximum atomic E-state index is 12.2. The van der Waals surface area contributed by atoms with Crippen LogP contribution in [0.4, 0.5) is 0 Å². The molecule has 0 aromatic heterocycles. The number of phenols is 1. The molecule has 0 aliphatic carbocycles. The Morgan fingerprint density at radius 2 is 1.73 bits per heavy atom. The topological polar surface area (TPSA) is 91.6 Å². The second-order valence-corrected chi connectivity index (χ2v) is 5.97. The van der Waals surface area contributed by atoms with Gasteiger partial charge in [0.05, 0.1) is 14.2 Å². The molecule has 0 unspecified atom stereocenters. The van der Waals surface area contributed by atoms with Crippen molar-refractivity contribution in [2.75, 3.05) is 20.8 Å². The van der Waals surface area contributed by atoms with Gasteiger partial charge in [-0.15, -0.1) is 0 Å². The summed E-state index contributed by atoms with van der Waals surface area (Å²) in [5, 5.41) is 22.0. The summed E-state index contributed by atoms with van der Waals surface area (Å²) in [5.74, 6) is -0.119. The Morgan fingerprint density at radius 3 is 2.27 bits per heavy atom. The van der Waals surface area contributed by atoms with Gasteiger partial charge in [-0.25, -0.2) is 0 Å². The molecule has 0 fully saturated rings. The fraction of sp³-hybridized carbons (Fsp3) is 0.500. The molecule has 1 aromatic carbocycles. The van der Waals surface area contributed by atoms with E-state index < -0.39 is 5.91 Å². The molecule has 0 bridgehead atoms. The number of ether oxygens (including phenoxy) is 2. The summed E-state index contributed by atoms with van der Waals surface area (Å²) in [5.41, 5.74) is 0.522. The predicted octanol–water partition coefficient (Wildman–Crippen LogP) is 3.79. The Balaban J connectivity index is 2.70. The third-order valence-electron chi connectivity index (χ3n) is 3.99. The van der Waals surface area contributed by atoms with Gasteiger partial charge in [0.15, 0.2) is 11.5 Å². The van der Waals surface area contributed by atoms with Crippen molar-refractivity contribution >= 4 is 12.0 Å². The fourth-order valence-electron chi connectivity index (χ4n) is 2.51. The molecule has 0 saturated heterocycles. The van der Waals surface area contributed by atoms with Crippen LogP contribution in [-0.4, -0.2) is 31.8 Å². The zero-order valence-corrected chi connectivity index (χ0v) is 15.8. The molecule has 26 heavy (non-hydrogen) atoms. The number of rotatable bonds is 11. The van der Waals surface area contributed by atoms with Crippen LogP contribution in [-0.2, 0) is 4.79 Å². The minimum Gasteiger partial charge on any atom is -0.502 e. The zero-order valence-electron chi connectivity index (χ0n) is 15.8. The number of amides is 1. The van der Waals surface area contributed by atoms with E-state index in [1.54, 1.807) is 0 Å². The Morgan fingerprint density at radius 1 is 1.15 bits per heavy atom. The molecular weight excluding hydrogens is 332 g/mol. The standard InChI is InChI=1S/C20H28N2O4/c1-4-5-6-7-8-9-10-22-20(24)16(14-21)11-15-12-17(25-2)19(23)18(13-15)26-3/h11-13,23H,4-10H2,1-3H3,(H,22,24). The van der Waals surface area contributed by atoms with E-state index in [0.29, 0.717) is 12.1 Å². The Hall–Kier alpha value is -2.68. The maximum Gasteiger partial charge on any atom is 0.261 e. The van der Waals surface area contributed by atoms with E-state index in [9.17, 15) is 15.2 Å². The highest BCUT2D eigenvalue weighted by Crippen LogP contribution is 2.37. The van der Waals surface area contributed by atoms with Crippen molar-refractivity contribution in [3.05, 3.63) is 23.3 Å². The van der Waals surface area contributed by atoms with E-state index in [-0.39, 0.29) is 22.8 Å². The van der Waals surface area contributed by atoms with Crippen LogP contribution in [0.25, 0.3) is 6.08 Å². The first-order valence-corrected chi connectivity index (χ1v) is 8.92. The minimum absolute atomic E-state index is 0.00854. The largest absolute Gasteiger partial charge is 0.502 e. The van der Waals surface area contributed by atoms with E-state index >= 15 is 0 Å². The van der Waals surface area contributed by atoms with Gasteiger partial charge in [-0.3, -0.25) is 4.79 Å². The van der Waals surface area contributed by atoms with E-state index in [1.165, 1.54) is 51.7 Å². The van der Waals surface area contributed by atoms with Crippen molar-refractivity contribution in [1.82, 2.24) is 5.32 Å². The van der Waals surface area contributed by atoms with Gasteiger partial charge < -0.3 is 19.9 Å². The Labute approximate surface area is 155 Å². The first-order valence-electron chi connectivity index (χ1n) is 8.92. The van der Waals surface area contributed by atoms with Gasteiger partial charge in [-0.2, -0.15) is 5.26 Å². The summed E-state index contributed by atoms with van der Waals surface area (Å²) in [7, 11) is 2.83. The molecular formula is C20H28N2O4. The monoisotopic (exact) mass is 360 g/mol. The smallest absolute Gasteiger partial charge is 0.261 e. The number of phenolic OH excluding ortho intramolecular Hbond substituents is 1. The van der Waals surface area contributed by atoms with E-state index in [2.05, 4.69) is 12.2 Å². The highest BCUT2D eigenvalue weighted by Gasteiger charge is 2.13. The molecule has 0 radical (unpaired) electrons. The number of nitriles is 1. The molecule has 0 atom stereocenters. The lowest BCUT2D eigenvalue weighted by Gasteiger charge is -2.10. The van der Waals surface area contributed by atoms with Gasteiger partial charge in [-0.05, 0) is 30.2 Å². The number of nitrogens with zero attached hydrogens (tertiary/aromatic N) is 1. The lowest BCUT2D eigenvalue weighted by Crippen LogP contribution is -2.25. The Kier molecular flexibility index (Phi) is 9.70. The van der Waals surface area contributed by atoms with Gasteiger partial charge in [0.25, 0.3) is 5.91 Å². The van der Waals surface area contributed by atoms with Crippen molar-refractivity contribution in [1.29, 1.82) is 5.26 Å². The number of hydrogen-bond donors (Lipinski definition) is 2. The maximum absolute atomic E-state index is 12.2. The zero-order chi connectivity index (χ0) is 19.4. The van der Waals surface area contributed by atoms with Crippen molar-refractivity contribution in [3.8, 4) is 23.3 Å². The van der Waals surface area contributed by atoms with Crippen LogP contribution in [0.3, 0.4) is 0 Å². The van der Waals surface area contributed by atoms with Crippen LogP contribution < -0.4 is 14.8 Å². The molecule has 1 amide bonds. The number of aromatic hydroxyl groups is 1. The minimum atomic E-state index is -0.410. The molecule has 2 N–H and O–H groups in total. The number of carbonyl (C=O) groups is 1. The first-order chi connectivity index (χ1) is 12.6. The van der Waals surface area contributed by atoms with Gasteiger partial charge in [-0.1, -0.05) is 39.0 Å². The molecule has 6 nitrogen and oxygen atoms in total. The van der Waals surface area contributed by atoms with Crippen LogP contribution in [0.2, 0.25) is 0 Å². The van der Waals surface area contributed by atoms with Crippen LogP contribution in [0.1, 0.15) is 51.0 Å². The first kappa shape index (κ1) is 21.4. The summed E-state index contributed by atoms with van der Waals surface area (Å²) >= 11 is 0. The molecule has 142 valence electrons. The average Bonchev–Trinajstić information content (AvgIpc) is 2.66. The number of nitrogens with one attached hydrogen (secondary N) is 1. The van der Waals surface area contributed by atoms with E-state index in [1.807, 2.05) is 6.07 Å². The predicted molar refractivity (Wildman–Crippen MR) is 101 cm³/mol.